The van der Waals surface area contributed by atoms with Crippen LogP contribution in [0.2, 0.25) is 0 Å². The summed E-state index contributed by atoms with van der Waals surface area (Å²) in [6.07, 6.45) is 0. The lowest BCUT2D eigenvalue weighted by molar-refractivity contribution is 1.13. The summed E-state index contributed by atoms with van der Waals surface area (Å²) in [5.41, 5.74) is 21.8. The molecule has 6 heteroatoms. The fraction of sp³-hybridized carbons (Fsp3) is 0. The van der Waals surface area contributed by atoms with Crippen molar-refractivity contribution in [2.45, 2.75) is 0 Å². The van der Waals surface area contributed by atoms with Crippen LogP contribution >= 0.6 is 0 Å². The smallest absolute Gasteiger partial charge is 0.0542 e. The fourth-order valence-corrected chi connectivity index (χ4v) is 13.8. The molecule has 0 aliphatic rings. The van der Waals surface area contributed by atoms with Gasteiger partial charge in [0.25, 0.3) is 0 Å². The van der Waals surface area contributed by atoms with Crippen LogP contribution in [0.15, 0.2) is 388 Å². The molecule has 96 heavy (non-hydrogen) atoms. The van der Waals surface area contributed by atoms with Crippen molar-refractivity contribution >= 4 is 112 Å². The van der Waals surface area contributed by atoms with E-state index >= 15 is 0 Å². The van der Waals surface area contributed by atoms with Gasteiger partial charge in [-0.3, -0.25) is 0 Å². The van der Waals surface area contributed by atoms with Crippen LogP contribution in [-0.2, 0) is 0 Å². The lowest BCUT2D eigenvalue weighted by Gasteiger charge is -2.28. The summed E-state index contributed by atoms with van der Waals surface area (Å²) in [6, 6.07) is 140. The van der Waals surface area contributed by atoms with Crippen molar-refractivity contribution in [1.29, 1.82) is 0 Å². The molecule has 0 spiro atoms. The average molecular weight is 1230 g/mol. The highest BCUT2D eigenvalue weighted by Gasteiger charge is 2.23. The quantitative estimate of drug-likeness (QED) is 0.0962. The first-order valence-electron chi connectivity index (χ1n) is 32.7. The maximum absolute atomic E-state index is 2.46. The predicted molar refractivity (Wildman–Crippen MR) is 405 cm³/mol. The number of para-hydroxylation sites is 6. The molecule has 0 bridgehead atoms. The standard InChI is InChI=1S/C90H64N6/c1-7-27-73(28-8-1)91(74-29-9-2-10-30-74)79-43-47-81(48-44-79)93(77-35-15-5-16-36-77)83-51-55-85(56-52-83)95-87(69-41-39-65-23-19-21-25-67(65)59-69)61-71-64-90-72(63-89(71)95)62-88(70-42-40-66-24-20-22-26-68(66)60-70)96(90)86-57-53-84(54-58-86)94(78-37-17-6-18-38-78)82-49-45-80(46-50-82)92(75-31-11-3-12-32-75)76-33-13-4-14-34-76/h1-64H. The van der Waals surface area contributed by atoms with Crippen molar-refractivity contribution in [3.63, 3.8) is 0 Å². The van der Waals surface area contributed by atoms with Gasteiger partial charge in [0, 0.05) is 90.4 Å². The number of aromatic nitrogens is 2. The summed E-state index contributed by atoms with van der Waals surface area (Å²) >= 11 is 0. The Balaban J connectivity index is 0.785. The van der Waals surface area contributed by atoms with E-state index in [4.69, 9.17) is 0 Å². The molecule has 0 N–H and O–H groups in total. The number of nitrogens with zero attached hydrogens (tertiary/aromatic N) is 6. The SMILES string of the molecule is c1ccc(N(c2ccccc2)c2ccc(N(c3ccccc3)c3ccc(-n4c(-c5ccc6ccccc6c5)cc5cc6c(cc(-c7ccc8ccccc8c7)n6-c6ccc(N(c7ccccc7)c7ccc(N(c8ccccc8)c8ccccc8)cc7)cc6)cc54)cc3)cc2)cc1. The number of hydrogen-bond acceptors (Lipinski definition) is 4. The van der Waals surface area contributed by atoms with Crippen molar-refractivity contribution in [1.82, 2.24) is 9.13 Å². The van der Waals surface area contributed by atoms with Gasteiger partial charge in [0.05, 0.1) is 22.4 Å². The monoisotopic (exact) mass is 1230 g/mol. The van der Waals surface area contributed by atoms with Gasteiger partial charge in [-0.25, -0.2) is 0 Å². The third kappa shape index (κ3) is 10.8. The molecule has 0 radical (unpaired) electrons. The zero-order valence-electron chi connectivity index (χ0n) is 52.6. The second-order valence-corrected chi connectivity index (χ2v) is 24.2. The van der Waals surface area contributed by atoms with Crippen LogP contribution in [0.3, 0.4) is 0 Å². The molecule has 0 saturated heterocycles. The van der Waals surface area contributed by atoms with E-state index in [0.717, 1.165) is 124 Å². The van der Waals surface area contributed by atoms with Crippen LogP contribution in [0.1, 0.15) is 0 Å². The molecule has 454 valence electrons. The molecule has 0 aliphatic carbocycles. The molecule has 2 heterocycles. The van der Waals surface area contributed by atoms with E-state index in [-0.39, 0.29) is 0 Å². The van der Waals surface area contributed by atoms with Gasteiger partial charge in [-0.15, -0.1) is 0 Å². The van der Waals surface area contributed by atoms with Gasteiger partial charge in [0.2, 0.25) is 0 Å². The summed E-state index contributed by atoms with van der Waals surface area (Å²) in [5, 5.41) is 7.09. The third-order valence-electron chi connectivity index (χ3n) is 18.4. The predicted octanol–water partition coefficient (Wildman–Crippen LogP) is 25.1. The van der Waals surface area contributed by atoms with Gasteiger partial charge in [-0.05, 0) is 239 Å². The van der Waals surface area contributed by atoms with Gasteiger partial charge in [0.15, 0.2) is 0 Å². The normalized spacial score (nSPS) is 11.3. The largest absolute Gasteiger partial charge is 0.311 e. The molecular weight excluding hydrogens is 1170 g/mol. The fourth-order valence-electron chi connectivity index (χ4n) is 13.8. The van der Waals surface area contributed by atoms with E-state index in [1.165, 1.54) is 21.5 Å². The molecule has 0 unspecified atom stereocenters. The Morgan fingerprint density at radius 3 is 0.635 bits per heavy atom. The van der Waals surface area contributed by atoms with Crippen molar-refractivity contribution in [3.8, 4) is 33.9 Å². The lowest BCUT2D eigenvalue weighted by atomic mass is 10.0. The first-order valence-corrected chi connectivity index (χ1v) is 32.7. The van der Waals surface area contributed by atoms with Gasteiger partial charge in [-0.2, -0.15) is 0 Å². The molecule has 0 aliphatic heterocycles. The van der Waals surface area contributed by atoms with Crippen molar-refractivity contribution in [2.75, 3.05) is 19.6 Å². The highest BCUT2D eigenvalue weighted by Crippen LogP contribution is 2.45. The molecule has 17 aromatic rings. The van der Waals surface area contributed by atoms with E-state index in [9.17, 15) is 0 Å². The number of hydrogen-bond donors (Lipinski definition) is 0. The summed E-state index contributed by atoms with van der Waals surface area (Å²) in [6.45, 7) is 0. The van der Waals surface area contributed by atoms with Gasteiger partial charge < -0.3 is 28.7 Å². The van der Waals surface area contributed by atoms with Crippen LogP contribution in [0.25, 0.3) is 77.2 Å². The summed E-state index contributed by atoms with van der Waals surface area (Å²) < 4.78 is 4.92. The van der Waals surface area contributed by atoms with Crippen LogP contribution < -0.4 is 19.6 Å². The summed E-state index contributed by atoms with van der Waals surface area (Å²) in [7, 11) is 0. The summed E-state index contributed by atoms with van der Waals surface area (Å²) in [5.74, 6) is 0. The molecule has 0 atom stereocenters. The van der Waals surface area contributed by atoms with Crippen LogP contribution in [-0.4, -0.2) is 9.13 Å². The molecule has 2 aromatic heterocycles. The van der Waals surface area contributed by atoms with E-state index in [0.29, 0.717) is 0 Å². The Bertz CT molecular complexity index is 5120. The highest BCUT2D eigenvalue weighted by atomic mass is 15.2. The van der Waals surface area contributed by atoms with E-state index in [1.54, 1.807) is 0 Å². The molecule has 0 fully saturated rings. The first-order chi connectivity index (χ1) is 47.6. The number of rotatable bonds is 16. The van der Waals surface area contributed by atoms with Crippen LogP contribution in [0.5, 0.6) is 0 Å². The highest BCUT2D eigenvalue weighted by molar-refractivity contribution is 6.04. The summed E-state index contributed by atoms with van der Waals surface area (Å²) in [4.78, 5) is 9.30. The molecule has 15 aromatic carbocycles. The van der Waals surface area contributed by atoms with E-state index in [1.807, 2.05) is 0 Å². The van der Waals surface area contributed by atoms with Gasteiger partial charge in [-0.1, -0.05) is 182 Å². The number of benzene rings is 15. The van der Waals surface area contributed by atoms with Gasteiger partial charge in [0.1, 0.15) is 0 Å². The third-order valence-corrected chi connectivity index (χ3v) is 18.4. The van der Waals surface area contributed by atoms with Crippen LogP contribution in [0, 0.1) is 0 Å². The second kappa shape index (κ2) is 25.0. The minimum atomic E-state index is 1.05. The zero-order valence-corrected chi connectivity index (χ0v) is 52.6. The minimum Gasteiger partial charge on any atom is -0.311 e. The lowest BCUT2D eigenvalue weighted by Crippen LogP contribution is -2.12. The molecule has 0 saturated carbocycles. The Hall–Kier alpha value is -12.9. The molecule has 6 nitrogen and oxygen atoms in total. The van der Waals surface area contributed by atoms with Crippen LogP contribution in [0.4, 0.5) is 68.2 Å². The molecule has 17 rings (SSSR count). The maximum Gasteiger partial charge on any atom is 0.0542 e. The molecular formula is C90H64N6. The Labute approximate surface area is 559 Å². The van der Waals surface area contributed by atoms with E-state index < -0.39 is 0 Å². The van der Waals surface area contributed by atoms with Crippen molar-refractivity contribution in [3.05, 3.63) is 388 Å². The molecule has 0 amide bonds. The van der Waals surface area contributed by atoms with Crippen molar-refractivity contribution < 1.29 is 0 Å². The van der Waals surface area contributed by atoms with Gasteiger partial charge >= 0.3 is 0 Å². The second-order valence-electron chi connectivity index (χ2n) is 24.2. The first kappa shape index (κ1) is 57.0. The average Bonchev–Trinajstić information content (AvgIpc) is 1.58. The maximum atomic E-state index is 2.46. The number of anilines is 12. The Kier molecular flexibility index (Phi) is 14.8. The topological polar surface area (TPSA) is 22.8 Å². The Morgan fingerprint density at radius 2 is 0.375 bits per heavy atom. The number of fused-ring (bicyclic) bond motifs is 4. The van der Waals surface area contributed by atoms with Crippen molar-refractivity contribution in [2.24, 2.45) is 0 Å². The van der Waals surface area contributed by atoms with E-state index in [2.05, 4.69) is 417 Å². The zero-order chi connectivity index (χ0) is 63.7. The Morgan fingerprint density at radius 1 is 0.156 bits per heavy atom. The minimum absolute atomic E-state index is 1.05.